The molecular formula is C18H18N2S. The van der Waals surface area contributed by atoms with Gasteiger partial charge in [-0.05, 0) is 34.7 Å². The molecule has 0 aliphatic rings. The third-order valence-electron chi connectivity index (χ3n) is 3.34. The van der Waals surface area contributed by atoms with Gasteiger partial charge >= 0.3 is 0 Å². The number of hydrogen-bond acceptors (Lipinski definition) is 3. The smallest absolute Gasteiger partial charge is 0.0416 e. The summed E-state index contributed by atoms with van der Waals surface area (Å²) in [4.78, 5) is 5.70. The number of pyridine rings is 1. The van der Waals surface area contributed by atoms with Crippen LogP contribution < -0.4 is 5.32 Å². The van der Waals surface area contributed by atoms with Gasteiger partial charge in [-0.3, -0.25) is 4.98 Å². The van der Waals surface area contributed by atoms with E-state index < -0.39 is 0 Å². The molecule has 21 heavy (non-hydrogen) atoms. The summed E-state index contributed by atoms with van der Waals surface area (Å²) in [5.41, 5.74) is 3.73. The zero-order valence-corrected chi connectivity index (χ0v) is 12.6. The van der Waals surface area contributed by atoms with Crippen LogP contribution in [0.5, 0.6) is 0 Å². The second-order valence-corrected chi connectivity index (χ2v) is 5.91. The molecule has 1 N–H and O–H groups in total. The molecule has 2 nitrogen and oxygen atoms in total. The second kappa shape index (κ2) is 7.16. The monoisotopic (exact) mass is 294 g/mol. The van der Waals surface area contributed by atoms with Crippen molar-refractivity contribution in [2.45, 2.75) is 13.0 Å². The number of rotatable bonds is 6. The molecular weight excluding hydrogens is 276 g/mol. The van der Waals surface area contributed by atoms with E-state index in [2.05, 4.69) is 58.1 Å². The third kappa shape index (κ3) is 4.00. The van der Waals surface area contributed by atoms with Crippen LogP contribution in [0, 0.1) is 0 Å². The zero-order valence-electron chi connectivity index (χ0n) is 11.8. The van der Waals surface area contributed by atoms with Crippen molar-refractivity contribution in [1.29, 1.82) is 0 Å². The zero-order chi connectivity index (χ0) is 14.3. The molecule has 0 aliphatic heterocycles. The molecule has 0 saturated carbocycles. The van der Waals surface area contributed by atoms with Crippen LogP contribution in [0.1, 0.15) is 10.6 Å². The predicted octanol–water partition coefficient (Wildman–Crippen LogP) is 4.14. The summed E-state index contributed by atoms with van der Waals surface area (Å²) in [6, 6.07) is 18.8. The quantitative estimate of drug-likeness (QED) is 0.691. The number of benzene rings is 1. The van der Waals surface area contributed by atoms with Crippen molar-refractivity contribution in [2.75, 3.05) is 6.54 Å². The van der Waals surface area contributed by atoms with Crippen molar-refractivity contribution in [1.82, 2.24) is 10.3 Å². The first-order chi connectivity index (χ1) is 10.4. The number of hydrogen-bond donors (Lipinski definition) is 1. The van der Waals surface area contributed by atoms with Gasteiger partial charge in [0.2, 0.25) is 0 Å². The van der Waals surface area contributed by atoms with E-state index in [1.807, 2.05) is 29.7 Å². The van der Waals surface area contributed by atoms with E-state index in [4.69, 9.17) is 0 Å². The maximum Gasteiger partial charge on any atom is 0.0416 e. The van der Waals surface area contributed by atoms with Crippen LogP contribution >= 0.6 is 11.3 Å². The van der Waals surface area contributed by atoms with Crippen molar-refractivity contribution in [3.63, 3.8) is 0 Å². The lowest BCUT2D eigenvalue weighted by molar-refractivity contribution is 0.686. The van der Waals surface area contributed by atoms with Crippen LogP contribution in [-0.2, 0) is 13.0 Å². The van der Waals surface area contributed by atoms with Crippen LogP contribution in [-0.4, -0.2) is 11.5 Å². The molecule has 3 aromatic rings. The Morgan fingerprint density at radius 1 is 0.952 bits per heavy atom. The first kappa shape index (κ1) is 14.0. The van der Waals surface area contributed by atoms with Gasteiger partial charge in [0.15, 0.2) is 0 Å². The number of nitrogens with zero attached hydrogens (tertiary/aromatic N) is 1. The Hall–Kier alpha value is -1.97. The van der Waals surface area contributed by atoms with E-state index in [-0.39, 0.29) is 0 Å². The third-order valence-corrected chi connectivity index (χ3v) is 4.28. The van der Waals surface area contributed by atoms with E-state index in [1.54, 1.807) is 0 Å². The van der Waals surface area contributed by atoms with Crippen LogP contribution in [0.15, 0.2) is 66.2 Å². The van der Waals surface area contributed by atoms with Crippen molar-refractivity contribution in [3.8, 4) is 11.1 Å². The molecule has 0 unspecified atom stereocenters. The SMILES string of the molecule is c1ccc(-c2csc(CNCCc3ccccn3)c2)cc1. The summed E-state index contributed by atoms with van der Waals surface area (Å²) >= 11 is 1.81. The highest BCUT2D eigenvalue weighted by Crippen LogP contribution is 2.25. The standard InChI is InChI=1S/C18H18N2S/c1-2-6-15(7-3-1)16-12-18(21-14-16)13-19-11-9-17-8-4-5-10-20-17/h1-8,10,12,14,19H,9,11,13H2. The molecule has 3 rings (SSSR count). The van der Waals surface area contributed by atoms with Gasteiger partial charge in [0, 0.05) is 36.3 Å². The Labute approximate surface area is 129 Å². The molecule has 0 bridgehead atoms. The van der Waals surface area contributed by atoms with Crippen molar-refractivity contribution < 1.29 is 0 Å². The molecule has 0 spiro atoms. The highest BCUT2D eigenvalue weighted by Gasteiger charge is 2.02. The molecule has 0 saturated heterocycles. The van der Waals surface area contributed by atoms with Crippen LogP contribution in [0.2, 0.25) is 0 Å². The van der Waals surface area contributed by atoms with E-state index in [0.717, 1.165) is 25.2 Å². The summed E-state index contributed by atoms with van der Waals surface area (Å²) < 4.78 is 0. The Morgan fingerprint density at radius 3 is 2.62 bits per heavy atom. The van der Waals surface area contributed by atoms with E-state index in [0.29, 0.717) is 0 Å². The Kier molecular flexibility index (Phi) is 4.77. The van der Waals surface area contributed by atoms with Gasteiger partial charge in [0.1, 0.15) is 0 Å². The average Bonchev–Trinajstić information content (AvgIpc) is 3.02. The van der Waals surface area contributed by atoms with Gasteiger partial charge in [0.25, 0.3) is 0 Å². The minimum atomic E-state index is 0.921. The first-order valence-corrected chi connectivity index (χ1v) is 8.03. The van der Waals surface area contributed by atoms with Crippen molar-refractivity contribution in [2.24, 2.45) is 0 Å². The molecule has 0 aliphatic carbocycles. The molecule has 1 aromatic carbocycles. The van der Waals surface area contributed by atoms with Gasteiger partial charge in [-0.15, -0.1) is 11.3 Å². The highest BCUT2D eigenvalue weighted by molar-refractivity contribution is 7.10. The minimum absolute atomic E-state index is 0.921. The number of aromatic nitrogens is 1. The predicted molar refractivity (Wildman–Crippen MR) is 89.4 cm³/mol. The van der Waals surface area contributed by atoms with Crippen LogP contribution in [0.4, 0.5) is 0 Å². The van der Waals surface area contributed by atoms with Gasteiger partial charge < -0.3 is 5.32 Å². The van der Waals surface area contributed by atoms with E-state index >= 15 is 0 Å². The van der Waals surface area contributed by atoms with E-state index in [9.17, 15) is 0 Å². The normalized spacial score (nSPS) is 10.7. The number of thiophene rings is 1. The van der Waals surface area contributed by atoms with Crippen molar-refractivity contribution in [3.05, 3.63) is 76.7 Å². The molecule has 0 atom stereocenters. The molecule has 0 amide bonds. The topological polar surface area (TPSA) is 24.9 Å². The summed E-state index contributed by atoms with van der Waals surface area (Å²) in [6.45, 7) is 1.87. The summed E-state index contributed by atoms with van der Waals surface area (Å²) in [6.07, 6.45) is 2.82. The fourth-order valence-electron chi connectivity index (χ4n) is 2.23. The van der Waals surface area contributed by atoms with Gasteiger partial charge in [0.05, 0.1) is 0 Å². The molecule has 106 valence electrons. The molecule has 0 radical (unpaired) electrons. The van der Waals surface area contributed by atoms with Crippen molar-refractivity contribution >= 4 is 11.3 Å². The maximum absolute atomic E-state index is 4.33. The Morgan fingerprint density at radius 2 is 1.81 bits per heavy atom. The van der Waals surface area contributed by atoms with Crippen LogP contribution in [0.25, 0.3) is 11.1 Å². The summed E-state index contributed by atoms with van der Waals surface area (Å²) in [5, 5.41) is 5.71. The fraction of sp³-hybridized carbons (Fsp3) is 0.167. The summed E-state index contributed by atoms with van der Waals surface area (Å²) in [5.74, 6) is 0. The molecule has 0 fully saturated rings. The largest absolute Gasteiger partial charge is 0.311 e. The maximum atomic E-state index is 4.33. The molecule has 2 aromatic heterocycles. The minimum Gasteiger partial charge on any atom is -0.311 e. The molecule has 3 heteroatoms. The van der Waals surface area contributed by atoms with Gasteiger partial charge in [-0.1, -0.05) is 36.4 Å². The second-order valence-electron chi connectivity index (χ2n) is 4.92. The Bertz CT molecular complexity index is 662. The van der Waals surface area contributed by atoms with Crippen LogP contribution in [0.3, 0.4) is 0 Å². The first-order valence-electron chi connectivity index (χ1n) is 7.15. The van der Waals surface area contributed by atoms with E-state index in [1.165, 1.54) is 16.0 Å². The average molecular weight is 294 g/mol. The fourth-order valence-corrected chi connectivity index (χ4v) is 3.09. The van der Waals surface area contributed by atoms with Gasteiger partial charge in [-0.25, -0.2) is 0 Å². The van der Waals surface area contributed by atoms with Gasteiger partial charge in [-0.2, -0.15) is 0 Å². The Balaban J connectivity index is 1.49. The lowest BCUT2D eigenvalue weighted by Crippen LogP contribution is -2.16. The highest BCUT2D eigenvalue weighted by atomic mass is 32.1. The number of nitrogens with one attached hydrogen (secondary N) is 1. The summed E-state index contributed by atoms with van der Waals surface area (Å²) in [7, 11) is 0. The lowest BCUT2D eigenvalue weighted by Gasteiger charge is -2.02. The molecule has 2 heterocycles. The lowest BCUT2D eigenvalue weighted by atomic mass is 10.1.